The number of likely N-dealkylation sites (tertiary alicyclic amines) is 1. The number of aromatic nitrogens is 2. The van der Waals surface area contributed by atoms with Crippen molar-refractivity contribution >= 4 is 17.5 Å². The van der Waals surface area contributed by atoms with Crippen LogP contribution in [0.15, 0.2) is 36.7 Å². The van der Waals surface area contributed by atoms with Gasteiger partial charge in [-0.05, 0) is 57.4 Å². The minimum atomic E-state index is -0.423. The number of rotatable bonds is 4. The van der Waals surface area contributed by atoms with Crippen LogP contribution in [0.4, 0.5) is 5.69 Å². The topological polar surface area (TPSA) is 70.5 Å². The second-order valence-corrected chi connectivity index (χ2v) is 9.09. The van der Waals surface area contributed by atoms with Gasteiger partial charge >= 0.3 is 0 Å². The van der Waals surface area contributed by atoms with E-state index in [1.165, 1.54) is 0 Å². The molecule has 1 atom stereocenters. The lowest BCUT2D eigenvalue weighted by Gasteiger charge is -2.47. The molecule has 2 amide bonds. The van der Waals surface area contributed by atoms with Gasteiger partial charge in [-0.25, -0.2) is 4.98 Å². The summed E-state index contributed by atoms with van der Waals surface area (Å²) in [5.41, 5.74) is 1.63. The maximum Gasteiger partial charge on any atom is 0.239 e. The Hall–Kier alpha value is -2.83. The number of hydrogen-bond donors (Lipinski definition) is 1. The molecule has 7 heteroatoms. The van der Waals surface area contributed by atoms with E-state index < -0.39 is 5.54 Å². The number of fused-ring (bicyclic) bond motifs is 4. The fraction of sp³-hybridized carbons (Fsp3) is 0.522. The van der Waals surface area contributed by atoms with Gasteiger partial charge in [0.1, 0.15) is 5.54 Å². The molecule has 0 bridgehead atoms. The molecular formula is C23H29N5O2. The summed E-state index contributed by atoms with van der Waals surface area (Å²) in [6.07, 6.45) is 7.79. The highest BCUT2D eigenvalue weighted by Gasteiger charge is 2.52. The van der Waals surface area contributed by atoms with E-state index in [2.05, 4.69) is 25.8 Å². The molecule has 3 aliphatic rings. The van der Waals surface area contributed by atoms with E-state index in [9.17, 15) is 9.59 Å². The average molecular weight is 408 g/mol. The van der Waals surface area contributed by atoms with Crippen LogP contribution < -0.4 is 10.2 Å². The van der Waals surface area contributed by atoms with Crippen LogP contribution in [0.1, 0.15) is 45.2 Å². The van der Waals surface area contributed by atoms with Crippen LogP contribution in [-0.4, -0.2) is 51.9 Å². The zero-order chi connectivity index (χ0) is 20.9. The van der Waals surface area contributed by atoms with Crippen LogP contribution >= 0.6 is 0 Å². The number of amides is 2. The third-order valence-corrected chi connectivity index (χ3v) is 6.79. The molecule has 1 spiro atoms. The van der Waals surface area contributed by atoms with Crippen molar-refractivity contribution in [2.75, 3.05) is 24.5 Å². The van der Waals surface area contributed by atoms with Crippen molar-refractivity contribution in [3.8, 4) is 5.82 Å². The SMILES string of the molecule is CC(C)NC(=O)CN1c2cccnc2-n2cccc2[C@@]12CCN(C(=O)C1CCC1)C2. The molecule has 2 fully saturated rings. The Balaban J connectivity index is 1.55. The predicted octanol–water partition coefficient (Wildman–Crippen LogP) is 2.44. The smallest absolute Gasteiger partial charge is 0.239 e. The molecule has 0 unspecified atom stereocenters. The Morgan fingerprint density at radius 2 is 2.10 bits per heavy atom. The lowest BCUT2D eigenvalue weighted by molar-refractivity contribution is -0.137. The summed E-state index contributed by atoms with van der Waals surface area (Å²) in [4.78, 5) is 34.7. The van der Waals surface area contributed by atoms with Gasteiger partial charge in [0, 0.05) is 37.4 Å². The monoisotopic (exact) mass is 407 g/mol. The largest absolute Gasteiger partial charge is 0.352 e. The minimum absolute atomic E-state index is 0.0112. The van der Waals surface area contributed by atoms with Gasteiger partial charge < -0.3 is 19.7 Å². The fourth-order valence-corrected chi connectivity index (χ4v) is 5.17. The van der Waals surface area contributed by atoms with Crippen molar-refractivity contribution in [2.45, 2.75) is 51.1 Å². The highest BCUT2D eigenvalue weighted by molar-refractivity contribution is 5.84. The second kappa shape index (κ2) is 7.15. The van der Waals surface area contributed by atoms with E-state index in [1.54, 1.807) is 6.20 Å². The maximum atomic E-state index is 13.0. The number of hydrogen-bond acceptors (Lipinski definition) is 4. The number of nitrogens with one attached hydrogen (secondary N) is 1. The summed E-state index contributed by atoms with van der Waals surface area (Å²) >= 11 is 0. The van der Waals surface area contributed by atoms with Gasteiger partial charge in [-0.1, -0.05) is 6.42 Å². The molecular weight excluding hydrogens is 378 g/mol. The van der Waals surface area contributed by atoms with Crippen LogP contribution in [0.3, 0.4) is 0 Å². The van der Waals surface area contributed by atoms with Gasteiger partial charge in [0.2, 0.25) is 11.8 Å². The van der Waals surface area contributed by atoms with Gasteiger partial charge in [0.05, 0.1) is 17.9 Å². The van der Waals surface area contributed by atoms with E-state index in [0.29, 0.717) is 6.54 Å². The molecule has 5 rings (SSSR count). The van der Waals surface area contributed by atoms with Crippen molar-refractivity contribution in [3.63, 3.8) is 0 Å². The first kappa shape index (κ1) is 19.2. The Kier molecular flexibility index (Phi) is 4.56. The van der Waals surface area contributed by atoms with Crippen molar-refractivity contribution in [3.05, 3.63) is 42.4 Å². The molecule has 2 aromatic heterocycles. The van der Waals surface area contributed by atoms with Crippen molar-refractivity contribution < 1.29 is 9.59 Å². The van der Waals surface area contributed by atoms with Crippen LogP contribution in [-0.2, 0) is 15.1 Å². The molecule has 1 aliphatic carbocycles. The Bertz CT molecular complexity index is 979. The van der Waals surface area contributed by atoms with Gasteiger partial charge in [0.15, 0.2) is 5.82 Å². The molecule has 7 nitrogen and oxygen atoms in total. The Morgan fingerprint density at radius 3 is 2.83 bits per heavy atom. The number of carbonyl (C=O) groups excluding carboxylic acids is 2. The molecule has 0 aromatic carbocycles. The standard InChI is InChI=1S/C23H29N5O2/c1-16(2)25-20(29)14-28-18-8-4-11-24-21(18)27-12-5-9-19(27)23(28)10-13-26(15-23)22(30)17-6-3-7-17/h4-5,8-9,11-12,16-17H,3,6-7,10,13-15H2,1-2H3,(H,25,29)/t23-/m0/s1. The summed E-state index contributed by atoms with van der Waals surface area (Å²) in [7, 11) is 0. The summed E-state index contributed by atoms with van der Waals surface area (Å²) in [6, 6.07) is 8.18. The maximum absolute atomic E-state index is 13.0. The normalized spacial score (nSPS) is 22.8. The van der Waals surface area contributed by atoms with Gasteiger partial charge in [-0.2, -0.15) is 0 Å². The molecule has 2 aliphatic heterocycles. The lowest BCUT2D eigenvalue weighted by atomic mass is 9.84. The van der Waals surface area contributed by atoms with Crippen LogP contribution in [0.2, 0.25) is 0 Å². The molecule has 1 N–H and O–H groups in total. The molecule has 1 saturated heterocycles. The van der Waals surface area contributed by atoms with E-state index in [1.807, 2.05) is 43.1 Å². The first-order valence-electron chi connectivity index (χ1n) is 11.0. The molecule has 158 valence electrons. The number of nitrogens with zero attached hydrogens (tertiary/aromatic N) is 4. The minimum Gasteiger partial charge on any atom is -0.352 e. The van der Waals surface area contributed by atoms with Crippen LogP contribution in [0.5, 0.6) is 0 Å². The van der Waals surface area contributed by atoms with Crippen LogP contribution in [0, 0.1) is 5.92 Å². The quantitative estimate of drug-likeness (QED) is 0.845. The first-order valence-corrected chi connectivity index (χ1v) is 11.0. The highest BCUT2D eigenvalue weighted by atomic mass is 16.2. The third-order valence-electron chi connectivity index (χ3n) is 6.79. The molecule has 1 saturated carbocycles. The summed E-state index contributed by atoms with van der Waals surface area (Å²) in [5, 5.41) is 3.03. The third kappa shape index (κ3) is 2.90. The van der Waals surface area contributed by atoms with E-state index in [-0.39, 0.29) is 30.3 Å². The highest BCUT2D eigenvalue weighted by Crippen LogP contribution is 2.47. The predicted molar refractivity (Wildman–Crippen MR) is 114 cm³/mol. The lowest BCUT2D eigenvalue weighted by Crippen LogP contribution is -2.56. The fourth-order valence-electron chi connectivity index (χ4n) is 5.17. The van der Waals surface area contributed by atoms with Crippen molar-refractivity contribution in [2.24, 2.45) is 5.92 Å². The second-order valence-electron chi connectivity index (χ2n) is 9.09. The van der Waals surface area contributed by atoms with Crippen LogP contribution in [0.25, 0.3) is 5.82 Å². The zero-order valence-corrected chi connectivity index (χ0v) is 17.7. The van der Waals surface area contributed by atoms with E-state index in [0.717, 1.165) is 49.4 Å². The van der Waals surface area contributed by atoms with Gasteiger partial charge in [-0.15, -0.1) is 0 Å². The molecule has 4 heterocycles. The average Bonchev–Trinajstić information content (AvgIpc) is 3.32. The van der Waals surface area contributed by atoms with E-state index in [4.69, 9.17) is 0 Å². The Morgan fingerprint density at radius 1 is 1.27 bits per heavy atom. The van der Waals surface area contributed by atoms with Gasteiger partial charge in [0.25, 0.3) is 0 Å². The summed E-state index contributed by atoms with van der Waals surface area (Å²) < 4.78 is 2.13. The first-order chi connectivity index (χ1) is 14.5. The molecule has 0 radical (unpaired) electrons. The Labute approximate surface area is 177 Å². The summed E-state index contributed by atoms with van der Waals surface area (Å²) in [6.45, 7) is 5.51. The molecule has 30 heavy (non-hydrogen) atoms. The number of carbonyl (C=O) groups is 2. The van der Waals surface area contributed by atoms with Crippen molar-refractivity contribution in [1.29, 1.82) is 0 Å². The number of anilines is 1. The summed E-state index contributed by atoms with van der Waals surface area (Å²) in [5.74, 6) is 1.29. The van der Waals surface area contributed by atoms with E-state index >= 15 is 0 Å². The van der Waals surface area contributed by atoms with Crippen molar-refractivity contribution in [1.82, 2.24) is 19.8 Å². The van der Waals surface area contributed by atoms with Gasteiger partial charge in [-0.3, -0.25) is 9.59 Å². The zero-order valence-electron chi connectivity index (χ0n) is 17.7. The molecule has 2 aromatic rings. The number of pyridine rings is 1.